The summed E-state index contributed by atoms with van der Waals surface area (Å²) in [7, 11) is 0. The highest BCUT2D eigenvalue weighted by Crippen LogP contribution is 2.44. The van der Waals surface area contributed by atoms with Gasteiger partial charge in [0, 0.05) is 11.8 Å². The summed E-state index contributed by atoms with van der Waals surface area (Å²) in [6.07, 6.45) is 3.73. The van der Waals surface area contributed by atoms with Gasteiger partial charge in [-0.1, -0.05) is 60.7 Å². The molecule has 0 spiro atoms. The number of carbonyl (C=O) groups excluding carboxylic acids is 2. The van der Waals surface area contributed by atoms with Crippen LogP contribution in [-0.4, -0.2) is 53.5 Å². The highest BCUT2D eigenvalue weighted by molar-refractivity contribution is 5.85. The molecular weight excluding hydrogens is 424 g/mol. The number of fused-ring (bicyclic) bond motifs is 3. The molecule has 0 saturated heterocycles. The Hall–Kier alpha value is -3.65. The second-order valence-corrected chi connectivity index (χ2v) is 8.25. The highest BCUT2D eigenvalue weighted by atomic mass is 16.5. The molecule has 0 saturated carbocycles. The summed E-state index contributed by atoms with van der Waals surface area (Å²) in [6, 6.07) is 14.4. The maximum absolute atomic E-state index is 12.5. The molecule has 0 heterocycles. The van der Waals surface area contributed by atoms with Crippen LogP contribution in [-0.2, 0) is 14.3 Å². The molecule has 2 amide bonds. The van der Waals surface area contributed by atoms with Gasteiger partial charge in [0.25, 0.3) is 0 Å². The number of rotatable bonds is 7. The predicted molar refractivity (Wildman–Crippen MR) is 121 cm³/mol. The Morgan fingerprint density at radius 2 is 1.67 bits per heavy atom. The quantitative estimate of drug-likeness (QED) is 0.480. The minimum Gasteiger partial charge on any atom is -0.480 e. The third-order valence-electron chi connectivity index (χ3n) is 6.14. The Kier molecular flexibility index (Phi) is 6.74. The summed E-state index contributed by atoms with van der Waals surface area (Å²) < 4.78 is 5.56. The van der Waals surface area contributed by atoms with Crippen molar-refractivity contribution in [1.82, 2.24) is 10.6 Å². The maximum Gasteiger partial charge on any atom is 0.407 e. The van der Waals surface area contributed by atoms with Crippen LogP contribution >= 0.6 is 0 Å². The van der Waals surface area contributed by atoms with Crippen molar-refractivity contribution < 1.29 is 29.3 Å². The monoisotopic (exact) mass is 450 g/mol. The van der Waals surface area contributed by atoms with E-state index in [1.54, 1.807) is 12.2 Å². The molecule has 0 aliphatic heterocycles. The lowest BCUT2D eigenvalue weighted by Gasteiger charge is -2.26. The average molecular weight is 450 g/mol. The summed E-state index contributed by atoms with van der Waals surface area (Å²) in [5.74, 6) is -2.33. The molecule has 0 fully saturated rings. The van der Waals surface area contributed by atoms with E-state index in [0.29, 0.717) is 12.8 Å². The summed E-state index contributed by atoms with van der Waals surface area (Å²) in [5.41, 5.74) is 4.54. The van der Waals surface area contributed by atoms with Crippen molar-refractivity contribution in [1.29, 1.82) is 0 Å². The van der Waals surface area contributed by atoms with E-state index >= 15 is 0 Å². The van der Waals surface area contributed by atoms with Crippen molar-refractivity contribution in [3.05, 3.63) is 71.8 Å². The fourth-order valence-electron chi connectivity index (χ4n) is 4.48. The Bertz CT molecular complexity index is 1040. The summed E-state index contributed by atoms with van der Waals surface area (Å²) >= 11 is 0. The molecule has 2 aliphatic rings. The van der Waals surface area contributed by atoms with Gasteiger partial charge in [-0.15, -0.1) is 0 Å². The van der Waals surface area contributed by atoms with Crippen molar-refractivity contribution in [3.8, 4) is 11.1 Å². The number of alkyl carbamates (subject to hydrolysis) is 1. The summed E-state index contributed by atoms with van der Waals surface area (Å²) in [6.45, 7) is -0.498. The van der Waals surface area contributed by atoms with Crippen molar-refractivity contribution in [2.24, 2.45) is 5.92 Å². The first-order valence-electron chi connectivity index (χ1n) is 10.9. The third kappa shape index (κ3) is 4.90. The maximum atomic E-state index is 12.5. The van der Waals surface area contributed by atoms with E-state index in [0.717, 1.165) is 22.3 Å². The van der Waals surface area contributed by atoms with Gasteiger partial charge >= 0.3 is 12.1 Å². The first-order valence-corrected chi connectivity index (χ1v) is 10.9. The molecule has 3 unspecified atom stereocenters. The number of amides is 2. The Morgan fingerprint density at radius 3 is 2.27 bits per heavy atom. The molecule has 8 heteroatoms. The molecule has 0 radical (unpaired) electrons. The summed E-state index contributed by atoms with van der Waals surface area (Å²) in [4.78, 5) is 35.9. The number of aliphatic hydroxyl groups is 1. The van der Waals surface area contributed by atoms with Crippen LogP contribution in [0.25, 0.3) is 11.1 Å². The number of nitrogens with one attached hydrogen (secondary N) is 2. The summed E-state index contributed by atoms with van der Waals surface area (Å²) in [5, 5.41) is 23.2. The van der Waals surface area contributed by atoms with Crippen molar-refractivity contribution >= 4 is 18.0 Å². The molecule has 2 aromatic carbocycles. The molecule has 0 aromatic heterocycles. The first-order chi connectivity index (χ1) is 16.0. The van der Waals surface area contributed by atoms with Crippen LogP contribution in [0.2, 0.25) is 0 Å². The molecule has 8 nitrogen and oxygen atoms in total. The van der Waals surface area contributed by atoms with Crippen LogP contribution < -0.4 is 10.6 Å². The minimum absolute atomic E-state index is 0.0463. The second-order valence-electron chi connectivity index (χ2n) is 8.25. The second kappa shape index (κ2) is 9.87. The number of aliphatic hydroxyl groups excluding tert-OH is 1. The van der Waals surface area contributed by atoms with Gasteiger partial charge in [0.1, 0.15) is 12.6 Å². The minimum atomic E-state index is -1.35. The zero-order valence-corrected chi connectivity index (χ0v) is 17.9. The van der Waals surface area contributed by atoms with Crippen LogP contribution in [0, 0.1) is 5.92 Å². The first kappa shape index (κ1) is 22.5. The van der Waals surface area contributed by atoms with E-state index in [4.69, 9.17) is 14.9 Å². The van der Waals surface area contributed by atoms with Crippen LogP contribution in [0.5, 0.6) is 0 Å². The van der Waals surface area contributed by atoms with E-state index in [1.165, 1.54) is 0 Å². The molecule has 0 bridgehead atoms. The number of allylic oxidation sites excluding steroid dienone is 1. The van der Waals surface area contributed by atoms with Gasteiger partial charge < -0.3 is 25.6 Å². The van der Waals surface area contributed by atoms with Crippen LogP contribution in [0.3, 0.4) is 0 Å². The SMILES string of the molecule is O=C(NC1C=CCC(C(=O)NC(CO)C(=O)O)C1)OCC1c2ccccc2-c2ccccc21. The third-order valence-corrected chi connectivity index (χ3v) is 6.14. The lowest BCUT2D eigenvalue weighted by atomic mass is 9.90. The molecular formula is C25H26N2O6. The number of hydrogen-bond donors (Lipinski definition) is 4. The van der Waals surface area contributed by atoms with Crippen LogP contribution in [0.4, 0.5) is 4.79 Å². The number of carboxylic acids is 1. The van der Waals surface area contributed by atoms with Gasteiger partial charge in [0.2, 0.25) is 5.91 Å². The smallest absolute Gasteiger partial charge is 0.407 e. The topological polar surface area (TPSA) is 125 Å². The van der Waals surface area contributed by atoms with Gasteiger partial charge in [-0.25, -0.2) is 9.59 Å². The van der Waals surface area contributed by atoms with Crippen LogP contribution in [0.1, 0.15) is 29.9 Å². The van der Waals surface area contributed by atoms with Gasteiger partial charge in [-0.2, -0.15) is 0 Å². The molecule has 2 aromatic rings. The lowest BCUT2D eigenvalue weighted by molar-refractivity contribution is -0.143. The highest BCUT2D eigenvalue weighted by Gasteiger charge is 2.31. The standard InChI is InChI=1S/C25H26N2O6/c28-13-22(24(30)31)27-23(29)15-6-5-7-16(12-15)26-25(32)33-14-21-19-10-3-1-8-17(19)18-9-2-4-11-20(18)21/h1-5,7-11,15-16,21-22,28H,6,12-14H2,(H,26,32)(H,27,29)(H,30,31). The van der Waals surface area contributed by atoms with Gasteiger partial charge in [-0.3, -0.25) is 4.79 Å². The van der Waals surface area contributed by atoms with E-state index in [2.05, 4.69) is 22.8 Å². The van der Waals surface area contributed by atoms with Crippen molar-refractivity contribution in [2.75, 3.05) is 13.2 Å². The number of ether oxygens (including phenoxy) is 1. The number of aliphatic carboxylic acids is 1. The fourth-order valence-corrected chi connectivity index (χ4v) is 4.48. The molecule has 33 heavy (non-hydrogen) atoms. The Labute approximate surface area is 191 Å². The molecule has 3 atom stereocenters. The predicted octanol–water partition coefficient (Wildman–Crippen LogP) is 2.42. The van der Waals surface area contributed by atoms with Gasteiger partial charge in [0.05, 0.1) is 12.6 Å². The van der Waals surface area contributed by atoms with Crippen molar-refractivity contribution in [2.45, 2.75) is 30.8 Å². The van der Waals surface area contributed by atoms with Gasteiger partial charge in [-0.05, 0) is 35.1 Å². The molecule has 172 valence electrons. The zero-order chi connectivity index (χ0) is 23.4. The number of carbonyl (C=O) groups is 3. The zero-order valence-electron chi connectivity index (χ0n) is 17.9. The molecule has 4 N–H and O–H groups in total. The number of hydrogen-bond acceptors (Lipinski definition) is 5. The van der Waals surface area contributed by atoms with E-state index in [1.807, 2.05) is 36.4 Å². The van der Waals surface area contributed by atoms with E-state index in [-0.39, 0.29) is 12.5 Å². The normalized spacial score (nSPS) is 19.8. The largest absolute Gasteiger partial charge is 0.480 e. The lowest BCUT2D eigenvalue weighted by Crippen LogP contribution is -2.47. The number of carboxylic acid groups (broad SMARTS) is 1. The Morgan fingerprint density at radius 1 is 1.03 bits per heavy atom. The van der Waals surface area contributed by atoms with Crippen LogP contribution in [0.15, 0.2) is 60.7 Å². The molecule has 2 aliphatic carbocycles. The Balaban J connectivity index is 1.33. The van der Waals surface area contributed by atoms with Gasteiger partial charge in [0.15, 0.2) is 0 Å². The van der Waals surface area contributed by atoms with E-state index in [9.17, 15) is 14.4 Å². The molecule has 4 rings (SSSR count). The fraction of sp³-hybridized carbons (Fsp3) is 0.320. The van der Waals surface area contributed by atoms with Crippen molar-refractivity contribution in [3.63, 3.8) is 0 Å². The average Bonchev–Trinajstić information content (AvgIpc) is 3.14. The van der Waals surface area contributed by atoms with E-state index < -0.39 is 42.6 Å². The number of benzene rings is 2.